The second-order valence-corrected chi connectivity index (χ2v) is 12.1. The summed E-state index contributed by atoms with van der Waals surface area (Å²) >= 11 is 0. The molecule has 0 amide bonds. The van der Waals surface area contributed by atoms with E-state index in [1.54, 1.807) is 0 Å². The van der Waals surface area contributed by atoms with Gasteiger partial charge in [0.2, 0.25) is 0 Å². The molecule has 0 spiro atoms. The monoisotopic (exact) mass is 386 g/mol. The van der Waals surface area contributed by atoms with Crippen molar-refractivity contribution < 1.29 is 5.11 Å². The van der Waals surface area contributed by atoms with Crippen LogP contribution < -0.4 is 0 Å². The van der Waals surface area contributed by atoms with E-state index in [-0.39, 0.29) is 6.10 Å². The molecule has 3 saturated carbocycles. The molecule has 4 rings (SSSR count). The van der Waals surface area contributed by atoms with Crippen LogP contribution in [-0.4, -0.2) is 11.2 Å². The van der Waals surface area contributed by atoms with Crippen molar-refractivity contribution in [3.8, 4) is 0 Å². The number of fused-ring (bicyclic) bond motifs is 5. The van der Waals surface area contributed by atoms with E-state index in [1.165, 1.54) is 69.8 Å². The Bertz CT molecular complexity index is 591. The van der Waals surface area contributed by atoms with E-state index in [0.29, 0.717) is 10.8 Å². The van der Waals surface area contributed by atoms with Crippen molar-refractivity contribution in [2.24, 2.45) is 46.3 Å². The van der Waals surface area contributed by atoms with Gasteiger partial charge >= 0.3 is 0 Å². The summed E-state index contributed by atoms with van der Waals surface area (Å²) < 4.78 is 0. The summed E-state index contributed by atoms with van der Waals surface area (Å²) in [4.78, 5) is 0. The number of aliphatic hydroxyl groups is 1. The smallest absolute Gasteiger partial charge is 0.0755 e. The molecular formula is C27H46O. The third kappa shape index (κ3) is 3.32. The predicted molar refractivity (Wildman–Crippen MR) is 119 cm³/mol. The first-order valence-corrected chi connectivity index (χ1v) is 12.7. The van der Waals surface area contributed by atoms with Crippen LogP contribution in [0.3, 0.4) is 0 Å². The Morgan fingerprint density at radius 3 is 2.54 bits per heavy atom. The highest BCUT2D eigenvalue weighted by atomic mass is 16.3. The Morgan fingerprint density at radius 2 is 1.79 bits per heavy atom. The number of rotatable bonds is 5. The molecule has 0 aromatic carbocycles. The molecule has 1 heteroatoms. The van der Waals surface area contributed by atoms with Gasteiger partial charge in [0.05, 0.1) is 6.10 Å². The number of allylic oxidation sites excluding steroid dienone is 1. The van der Waals surface area contributed by atoms with Crippen molar-refractivity contribution in [2.45, 2.75) is 111 Å². The summed E-state index contributed by atoms with van der Waals surface area (Å²) in [6, 6.07) is 0. The fourth-order valence-corrected chi connectivity index (χ4v) is 8.81. The molecule has 1 nitrogen and oxygen atoms in total. The number of aliphatic hydroxyl groups excluding tert-OH is 1. The molecule has 0 aliphatic heterocycles. The molecule has 0 unspecified atom stereocenters. The zero-order valence-corrected chi connectivity index (χ0v) is 19.3. The van der Waals surface area contributed by atoms with Crippen LogP contribution in [0.2, 0.25) is 0 Å². The van der Waals surface area contributed by atoms with Gasteiger partial charge in [0.1, 0.15) is 0 Å². The zero-order chi connectivity index (χ0) is 20.1. The maximum absolute atomic E-state index is 10.7. The first-order valence-electron chi connectivity index (χ1n) is 12.7. The van der Waals surface area contributed by atoms with E-state index in [0.717, 1.165) is 41.9 Å². The minimum absolute atomic E-state index is 0.148. The van der Waals surface area contributed by atoms with Gasteiger partial charge in [0, 0.05) is 0 Å². The highest BCUT2D eigenvalue weighted by Gasteiger charge is 2.59. The molecule has 0 saturated heterocycles. The maximum Gasteiger partial charge on any atom is 0.0755 e. The molecule has 0 bridgehead atoms. The Morgan fingerprint density at radius 1 is 1.00 bits per heavy atom. The molecule has 3 fully saturated rings. The number of hydrogen-bond acceptors (Lipinski definition) is 1. The molecule has 160 valence electrons. The molecule has 0 aromatic rings. The van der Waals surface area contributed by atoms with Crippen molar-refractivity contribution in [2.75, 3.05) is 0 Å². The van der Waals surface area contributed by atoms with Gasteiger partial charge in [-0.1, -0.05) is 60.0 Å². The highest BCUT2D eigenvalue weighted by Crippen LogP contribution is 2.67. The van der Waals surface area contributed by atoms with Gasteiger partial charge < -0.3 is 5.11 Å². The fraction of sp³-hybridized carbons (Fsp3) is 0.926. The first-order chi connectivity index (χ1) is 13.3. The third-order valence-electron chi connectivity index (χ3n) is 10.3. The van der Waals surface area contributed by atoms with Crippen LogP contribution in [0.15, 0.2) is 11.6 Å². The average Bonchev–Trinajstić information content (AvgIpc) is 2.98. The van der Waals surface area contributed by atoms with Crippen molar-refractivity contribution in [1.29, 1.82) is 0 Å². The van der Waals surface area contributed by atoms with Crippen LogP contribution in [-0.2, 0) is 0 Å². The minimum Gasteiger partial charge on any atom is -0.389 e. The van der Waals surface area contributed by atoms with Gasteiger partial charge in [-0.3, -0.25) is 0 Å². The molecule has 28 heavy (non-hydrogen) atoms. The van der Waals surface area contributed by atoms with E-state index < -0.39 is 0 Å². The fourth-order valence-electron chi connectivity index (χ4n) is 8.81. The number of hydrogen-bond donors (Lipinski definition) is 1. The summed E-state index contributed by atoms with van der Waals surface area (Å²) in [6.07, 6.45) is 17.2. The molecule has 1 N–H and O–H groups in total. The Labute approximate surface area is 174 Å². The van der Waals surface area contributed by atoms with Crippen molar-refractivity contribution >= 4 is 0 Å². The quantitative estimate of drug-likeness (QED) is 0.488. The van der Waals surface area contributed by atoms with Gasteiger partial charge in [0.25, 0.3) is 0 Å². The summed E-state index contributed by atoms with van der Waals surface area (Å²) in [5.41, 5.74) is 2.30. The van der Waals surface area contributed by atoms with Gasteiger partial charge in [-0.05, 0) is 103 Å². The first kappa shape index (κ1) is 21.0. The zero-order valence-electron chi connectivity index (χ0n) is 19.3. The van der Waals surface area contributed by atoms with Crippen LogP contribution in [0.4, 0.5) is 0 Å². The standard InChI is InChI=1S/C27H46O/c1-18(2)8-6-9-19(3)21-13-14-22-20-11-12-24-25(28)10-7-16-26(24,4)23(20)15-17-27(21,22)5/h12,18-23,25,28H,6-11,13-17H2,1-5H3/t19-,20+,21-,22+,23+,25+,26+,27+/m0/s1. The molecule has 8 atom stereocenters. The maximum atomic E-state index is 10.7. The lowest BCUT2D eigenvalue weighted by molar-refractivity contribution is -0.0590. The summed E-state index contributed by atoms with van der Waals surface area (Å²) in [5, 5.41) is 10.7. The van der Waals surface area contributed by atoms with E-state index in [4.69, 9.17) is 0 Å². The van der Waals surface area contributed by atoms with E-state index >= 15 is 0 Å². The Kier molecular flexibility index (Phi) is 5.80. The normalized spacial score (nSPS) is 46.5. The van der Waals surface area contributed by atoms with Crippen LogP contribution in [0.5, 0.6) is 0 Å². The van der Waals surface area contributed by atoms with Crippen molar-refractivity contribution in [3.63, 3.8) is 0 Å². The van der Waals surface area contributed by atoms with Crippen molar-refractivity contribution in [3.05, 3.63) is 11.6 Å². The van der Waals surface area contributed by atoms with E-state index in [1.807, 2.05) is 0 Å². The minimum atomic E-state index is -0.148. The van der Waals surface area contributed by atoms with Crippen LogP contribution in [0, 0.1) is 46.3 Å². The van der Waals surface area contributed by atoms with Gasteiger partial charge in [-0.2, -0.15) is 0 Å². The topological polar surface area (TPSA) is 20.2 Å². The molecule has 0 radical (unpaired) electrons. The van der Waals surface area contributed by atoms with E-state index in [2.05, 4.69) is 40.7 Å². The predicted octanol–water partition coefficient (Wildman–Crippen LogP) is 7.39. The second-order valence-electron chi connectivity index (χ2n) is 12.1. The summed E-state index contributed by atoms with van der Waals surface area (Å²) in [7, 11) is 0. The SMILES string of the molecule is CC(C)CCC[C@H](C)[C@@H]1CC[C@@H]2[C@H]3CC=C4[C@H](O)CCC[C@]4(C)[C@@H]3CC[C@@]21C. The summed E-state index contributed by atoms with van der Waals surface area (Å²) in [5.74, 6) is 5.33. The van der Waals surface area contributed by atoms with Crippen LogP contribution in [0.1, 0.15) is 105 Å². The van der Waals surface area contributed by atoms with E-state index in [9.17, 15) is 5.11 Å². The Hall–Kier alpha value is -0.300. The van der Waals surface area contributed by atoms with Crippen molar-refractivity contribution in [1.82, 2.24) is 0 Å². The molecule has 0 heterocycles. The van der Waals surface area contributed by atoms with Crippen LogP contribution in [0.25, 0.3) is 0 Å². The highest BCUT2D eigenvalue weighted by molar-refractivity contribution is 5.27. The van der Waals surface area contributed by atoms with Gasteiger partial charge in [0.15, 0.2) is 0 Å². The molecule has 4 aliphatic rings. The average molecular weight is 387 g/mol. The largest absolute Gasteiger partial charge is 0.389 e. The molecular weight excluding hydrogens is 340 g/mol. The van der Waals surface area contributed by atoms with Crippen LogP contribution >= 0.6 is 0 Å². The second kappa shape index (κ2) is 7.75. The lowest BCUT2D eigenvalue weighted by atomic mass is 9.47. The lowest BCUT2D eigenvalue weighted by Crippen LogP contribution is -2.51. The van der Waals surface area contributed by atoms with Gasteiger partial charge in [-0.25, -0.2) is 0 Å². The third-order valence-corrected chi connectivity index (χ3v) is 10.3. The Balaban J connectivity index is 1.50. The molecule has 4 aliphatic carbocycles. The molecule has 0 aromatic heterocycles. The summed E-state index contributed by atoms with van der Waals surface area (Å²) in [6.45, 7) is 12.5. The van der Waals surface area contributed by atoms with Gasteiger partial charge in [-0.15, -0.1) is 0 Å². The lowest BCUT2D eigenvalue weighted by Gasteiger charge is -2.58.